The molecule has 0 aliphatic carbocycles. The summed E-state index contributed by atoms with van der Waals surface area (Å²) >= 11 is 6.11. The smallest absolute Gasteiger partial charge is 0.135 e. The van der Waals surface area contributed by atoms with Crippen LogP contribution in [0.25, 0.3) is 0 Å². The molecule has 0 bridgehead atoms. The molecular weight excluding hydrogens is 286 g/mol. The monoisotopic (exact) mass is 299 g/mol. The Morgan fingerprint density at radius 3 is 2.81 bits per heavy atom. The van der Waals surface area contributed by atoms with E-state index >= 15 is 0 Å². The molecule has 0 amide bonds. The van der Waals surface area contributed by atoms with Crippen molar-refractivity contribution < 1.29 is 5.11 Å². The third-order valence-corrected chi connectivity index (χ3v) is 4.14. The summed E-state index contributed by atoms with van der Waals surface area (Å²) < 4.78 is 0. The number of phenolic OH excluding ortho intramolecular Hbond substituents is 1. The molecule has 0 aromatic heterocycles. The number of hydrogen-bond donors (Lipinski definition) is 2. The minimum Gasteiger partial charge on any atom is -0.508 e. The first kappa shape index (κ1) is 12.5. The van der Waals surface area contributed by atoms with Gasteiger partial charge in [0.25, 0.3) is 0 Å². The number of aliphatic imine (C=N–C) groups is 1. The zero-order valence-electron chi connectivity index (χ0n) is 11.3. The van der Waals surface area contributed by atoms with Crippen molar-refractivity contribution in [1.82, 2.24) is 4.90 Å². The molecule has 2 aromatic carbocycles. The minimum absolute atomic E-state index is 0.0119. The maximum atomic E-state index is 9.46. The number of aromatic hydroxyl groups is 1. The number of rotatable bonds is 1. The predicted octanol–water partition coefficient (Wildman–Crippen LogP) is 3.23. The van der Waals surface area contributed by atoms with Crippen LogP contribution in [0.2, 0.25) is 5.02 Å². The van der Waals surface area contributed by atoms with Gasteiger partial charge in [0.05, 0.1) is 6.54 Å². The molecule has 2 heterocycles. The van der Waals surface area contributed by atoms with Crippen molar-refractivity contribution in [3.63, 3.8) is 0 Å². The van der Waals surface area contributed by atoms with Gasteiger partial charge in [-0.15, -0.1) is 0 Å². The van der Waals surface area contributed by atoms with Gasteiger partial charge in [-0.1, -0.05) is 23.7 Å². The van der Waals surface area contributed by atoms with E-state index in [0.717, 1.165) is 35.7 Å². The third kappa shape index (κ3) is 2.03. The second-order valence-electron chi connectivity index (χ2n) is 5.23. The van der Waals surface area contributed by atoms with Crippen LogP contribution in [-0.2, 0) is 0 Å². The Morgan fingerprint density at radius 1 is 1.19 bits per heavy atom. The summed E-state index contributed by atoms with van der Waals surface area (Å²) in [6.07, 6.45) is 0.0119. The van der Waals surface area contributed by atoms with Crippen LogP contribution >= 0.6 is 11.6 Å². The van der Waals surface area contributed by atoms with E-state index in [2.05, 4.69) is 15.2 Å². The van der Waals surface area contributed by atoms with Gasteiger partial charge in [0.15, 0.2) is 0 Å². The van der Waals surface area contributed by atoms with Crippen LogP contribution in [0, 0.1) is 0 Å². The summed E-state index contributed by atoms with van der Waals surface area (Å²) in [6, 6.07) is 13.1. The summed E-state index contributed by atoms with van der Waals surface area (Å²) in [7, 11) is 0. The largest absolute Gasteiger partial charge is 0.508 e. The van der Waals surface area contributed by atoms with Crippen molar-refractivity contribution in [2.75, 3.05) is 18.4 Å². The molecule has 4 rings (SSSR count). The fourth-order valence-electron chi connectivity index (χ4n) is 2.93. The van der Waals surface area contributed by atoms with Gasteiger partial charge in [-0.3, -0.25) is 4.99 Å². The van der Waals surface area contributed by atoms with Crippen LogP contribution in [0.1, 0.15) is 17.3 Å². The maximum absolute atomic E-state index is 9.46. The fourth-order valence-corrected chi connectivity index (χ4v) is 3.10. The van der Waals surface area contributed by atoms with Gasteiger partial charge < -0.3 is 15.3 Å². The SMILES string of the molecule is Oc1ccc(C2Nc3cc(Cl)ccc3C3=NCCN32)cc1. The van der Waals surface area contributed by atoms with Crippen LogP contribution < -0.4 is 5.32 Å². The number of phenols is 1. The highest BCUT2D eigenvalue weighted by Gasteiger charge is 2.33. The highest BCUT2D eigenvalue weighted by atomic mass is 35.5. The molecular formula is C16H14ClN3O. The molecule has 21 heavy (non-hydrogen) atoms. The molecule has 0 radical (unpaired) electrons. The van der Waals surface area contributed by atoms with E-state index in [1.807, 2.05) is 30.3 Å². The molecule has 2 N–H and O–H groups in total. The molecule has 0 spiro atoms. The van der Waals surface area contributed by atoms with Gasteiger partial charge in [0.2, 0.25) is 0 Å². The molecule has 2 aliphatic heterocycles. The second-order valence-corrected chi connectivity index (χ2v) is 5.66. The first-order valence-corrected chi connectivity index (χ1v) is 7.27. The molecule has 1 atom stereocenters. The first-order chi connectivity index (χ1) is 10.2. The van der Waals surface area contributed by atoms with Crippen molar-refractivity contribution in [1.29, 1.82) is 0 Å². The third-order valence-electron chi connectivity index (χ3n) is 3.91. The Labute approximate surface area is 127 Å². The Bertz CT molecular complexity index is 727. The number of amidine groups is 1. The molecule has 106 valence electrons. The highest BCUT2D eigenvalue weighted by Crippen LogP contribution is 2.36. The molecule has 1 unspecified atom stereocenters. The Hall–Kier alpha value is -2.20. The summed E-state index contributed by atoms with van der Waals surface area (Å²) in [5.41, 5.74) is 3.18. The van der Waals surface area contributed by atoms with E-state index in [1.165, 1.54) is 0 Å². The Kier molecular flexibility index (Phi) is 2.79. The lowest BCUT2D eigenvalue weighted by Crippen LogP contribution is -2.41. The number of nitrogens with one attached hydrogen (secondary N) is 1. The Balaban J connectivity index is 1.80. The lowest BCUT2D eigenvalue weighted by Gasteiger charge is -2.37. The fraction of sp³-hybridized carbons (Fsp3) is 0.188. The zero-order valence-corrected chi connectivity index (χ0v) is 12.0. The van der Waals surface area contributed by atoms with Crippen molar-refractivity contribution >= 4 is 23.1 Å². The van der Waals surface area contributed by atoms with Gasteiger partial charge in [0.1, 0.15) is 17.8 Å². The summed E-state index contributed by atoms with van der Waals surface area (Å²) in [4.78, 5) is 6.88. The molecule has 4 nitrogen and oxygen atoms in total. The highest BCUT2D eigenvalue weighted by molar-refractivity contribution is 6.31. The number of nitrogens with zero attached hydrogens (tertiary/aromatic N) is 2. The Morgan fingerprint density at radius 2 is 2.00 bits per heavy atom. The average Bonchev–Trinajstić information content (AvgIpc) is 2.96. The summed E-state index contributed by atoms with van der Waals surface area (Å²) in [5, 5.41) is 13.7. The minimum atomic E-state index is 0.0119. The molecule has 5 heteroatoms. The molecule has 0 saturated carbocycles. The number of fused-ring (bicyclic) bond motifs is 3. The van der Waals surface area contributed by atoms with Crippen LogP contribution in [0.3, 0.4) is 0 Å². The lowest BCUT2D eigenvalue weighted by atomic mass is 10.0. The van der Waals surface area contributed by atoms with Crippen LogP contribution in [0.4, 0.5) is 5.69 Å². The van der Waals surface area contributed by atoms with Gasteiger partial charge in [-0.05, 0) is 35.9 Å². The van der Waals surface area contributed by atoms with E-state index in [0.29, 0.717) is 5.02 Å². The van der Waals surface area contributed by atoms with Crippen molar-refractivity contribution in [2.45, 2.75) is 6.17 Å². The quantitative estimate of drug-likeness (QED) is 0.850. The number of hydrogen-bond acceptors (Lipinski definition) is 4. The number of benzene rings is 2. The lowest BCUT2D eigenvalue weighted by molar-refractivity contribution is 0.370. The number of halogens is 1. The normalized spacial score (nSPS) is 19.6. The van der Waals surface area contributed by atoms with E-state index in [-0.39, 0.29) is 11.9 Å². The maximum Gasteiger partial charge on any atom is 0.135 e. The molecule has 2 aliphatic rings. The van der Waals surface area contributed by atoms with E-state index < -0.39 is 0 Å². The van der Waals surface area contributed by atoms with E-state index in [9.17, 15) is 5.11 Å². The van der Waals surface area contributed by atoms with Crippen molar-refractivity contribution in [3.8, 4) is 5.75 Å². The topological polar surface area (TPSA) is 47.9 Å². The molecule has 0 fully saturated rings. The molecule has 0 saturated heterocycles. The van der Waals surface area contributed by atoms with Gasteiger partial charge in [-0.25, -0.2) is 0 Å². The van der Waals surface area contributed by atoms with Gasteiger partial charge >= 0.3 is 0 Å². The average molecular weight is 300 g/mol. The van der Waals surface area contributed by atoms with Crippen molar-refractivity contribution in [3.05, 3.63) is 58.6 Å². The second kappa shape index (κ2) is 4.67. The number of anilines is 1. The van der Waals surface area contributed by atoms with Gasteiger partial charge in [0, 0.05) is 22.8 Å². The standard InChI is InChI=1S/C16H14ClN3O/c17-11-3-6-13-14(9-11)19-15(20-8-7-18-16(13)20)10-1-4-12(21)5-2-10/h1-6,9,15,19,21H,7-8H2. The van der Waals surface area contributed by atoms with Crippen LogP contribution in [0.15, 0.2) is 47.5 Å². The van der Waals surface area contributed by atoms with E-state index in [4.69, 9.17) is 11.6 Å². The predicted molar refractivity (Wildman–Crippen MR) is 84.0 cm³/mol. The van der Waals surface area contributed by atoms with Crippen molar-refractivity contribution in [2.24, 2.45) is 4.99 Å². The first-order valence-electron chi connectivity index (χ1n) is 6.89. The van der Waals surface area contributed by atoms with Crippen LogP contribution in [0.5, 0.6) is 5.75 Å². The summed E-state index contributed by atoms with van der Waals surface area (Å²) in [6.45, 7) is 1.68. The van der Waals surface area contributed by atoms with Crippen LogP contribution in [-0.4, -0.2) is 28.9 Å². The van der Waals surface area contributed by atoms with Gasteiger partial charge in [-0.2, -0.15) is 0 Å². The zero-order chi connectivity index (χ0) is 14.4. The molecule has 2 aromatic rings. The summed E-state index contributed by atoms with van der Waals surface area (Å²) in [5.74, 6) is 1.28. The van der Waals surface area contributed by atoms with E-state index in [1.54, 1.807) is 12.1 Å².